The fraction of sp³-hybridized carbons (Fsp3) is 1.00. The van der Waals surface area contributed by atoms with Gasteiger partial charge in [-0.1, -0.05) is 32.1 Å². The molecular formula is C11H23NO2. The van der Waals surface area contributed by atoms with Crippen LogP contribution in [0.5, 0.6) is 0 Å². The van der Waals surface area contributed by atoms with Crippen LogP contribution in [0.4, 0.5) is 0 Å². The Kier molecular flexibility index (Phi) is 6.15. The first-order valence-electron chi connectivity index (χ1n) is 5.82. The number of aliphatic hydroxyl groups is 2. The molecule has 1 aliphatic carbocycles. The summed E-state index contributed by atoms with van der Waals surface area (Å²) in [6, 6.07) is -0.126. The fourth-order valence-electron chi connectivity index (χ4n) is 2.15. The second kappa shape index (κ2) is 7.21. The highest BCUT2D eigenvalue weighted by Crippen LogP contribution is 2.25. The highest BCUT2D eigenvalue weighted by molar-refractivity contribution is 4.69. The Bertz CT molecular complexity index is 131. The maximum absolute atomic E-state index is 8.84. The predicted molar refractivity (Wildman–Crippen MR) is 57.2 cm³/mol. The summed E-state index contributed by atoms with van der Waals surface area (Å²) in [5.74, 6) is 0.870. The monoisotopic (exact) mass is 201 g/mol. The molecule has 3 nitrogen and oxygen atoms in total. The highest BCUT2D eigenvalue weighted by Gasteiger charge is 2.13. The fourth-order valence-corrected chi connectivity index (χ4v) is 2.15. The molecule has 3 heteroatoms. The summed E-state index contributed by atoms with van der Waals surface area (Å²) in [5.41, 5.74) is 0. The SMILES string of the molecule is OCC(CO)NCCC1CCCCC1. The molecule has 0 heterocycles. The first-order valence-corrected chi connectivity index (χ1v) is 5.82. The van der Waals surface area contributed by atoms with Gasteiger partial charge in [-0.25, -0.2) is 0 Å². The second-order valence-corrected chi connectivity index (χ2v) is 4.31. The van der Waals surface area contributed by atoms with Crippen LogP contribution in [0.25, 0.3) is 0 Å². The molecule has 1 rings (SSSR count). The van der Waals surface area contributed by atoms with Crippen LogP contribution in [0.15, 0.2) is 0 Å². The van der Waals surface area contributed by atoms with Gasteiger partial charge in [0, 0.05) is 0 Å². The molecule has 3 N–H and O–H groups in total. The van der Waals surface area contributed by atoms with Gasteiger partial charge in [-0.3, -0.25) is 0 Å². The Morgan fingerprint density at radius 2 is 1.71 bits per heavy atom. The van der Waals surface area contributed by atoms with Crippen LogP contribution >= 0.6 is 0 Å². The van der Waals surface area contributed by atoms with Gasteiger partial charge in [0.05, 0.1) is 19.3 Å². The van der Waals surface area contributed by atoms with Crippen LogP contribution in [-0.4, -0.2) is 36.0 Å². The van der Waals surface area contributed by atoms with E-state index in [0.29, 0.717) is 0 Å². The molecule has 0 aromatic heterocycles. The summed E-state index contributed by atoms with van der Waals surface area (Å²) in [6.45, 7) is 0.985. The lowest BCUT2D eigenvalue weighted by atomic mass is 9.87. The van der Waals surface area contributed by atoms with Crippen molar-refractivity contribution < 1.29 is 10.2 Å². The standard InChI is InChI=1S/C11H23NO2/c13-8-11(9-14)12-7-6-10-4-2-1-3-5-10/h10-14H,1-9H2. The Morgan fingerprint density at radius 1 is 1.07 bits per heavy atom. The van der Waals surface area contributed by atoms with Gasteiger partial charge in [0.2, 0.25) is 0 Å². The van der Waals surface area contributed by atoms with Crippen molar-refractivity contribution in [3.8, 4) is 0 Å². The van der Waals surface area contributed by atoms with E-state index in [1.165, 1.54) is 38.5 Å². The summed E-state index contributed by atoms with van der Waals surface area (Å²) in [4.78, 5) is 0. The van der Waals surface area contributed by atoms with E-state index in [0.717, 1.165) is 12.5 Å². The average molecular weight is 201 g/mol. The van der Waals surface area contributed by atoms with Crippen molar-refractivity contribution in [1.82, 2.24) is 5.32 Å². The molecular weight excluding hydrogens is 178 g/mol. The molecule has 0 radical (unpaired) electrons. The van der Waals surface area contributed by atoms with Crippen LogP contribution in [-0.2, 0) is 0 Å². The summed E-state index contributed by atoms with van der Waals surface area (Å²) in [5, 5.41) is 20.8. The Labute approximate surface area is 86.5 Å². The lowest BCUT2D eigenvalue weighted by Crippen LogP contribution is -2.37. The molecule has 0 atom stereocenters. The van der Waals surface area contributed by atoms with Crippen molar-refractivity contribution in [2.45, 2.75) is 44.6 Å². The molecule has 0 saturated heterocycles. The van der Waals surface area contributed by atoms with Crippen LogP contribution in [0, 0.1) is 5.92 Å². The number of rotatable bonds is 6. The van der Waals surface area contributed by atoms with E-state index in [9.17, 15) is 0 Å². The van der Waals surface area contributed by atoms with E-state index in [1.807, 2.05) is 0 Å². The van der Waals surface area contributed by atoms with Crippen molar-refractivity contribution >= 4 is 0 Å². The predicted octanol–water partition coefficient (Wildman–Crippen LogP) is 0.900. The molecule has 0 aromatic carbocycles. The molecule has 14 heavy (non-hydrogen) atoms. The van der Waals surface area contributed by atoms with Crippen LogP contribution in [0.3, 0.4) is 0 Å². The summed E-state index contributed by atoms with van der Waals surface area (Å²) in [7, 11) is 0. The van der Waals surface area contributed by atoms with Gasteiger partial charge in [0.25, 0.3) is 0 Å². The largest absolute Gasteiger partial charge is 0.395 e. The second-order valence-electron chi connectivity index (χ2n) is 4.31. The lowest BCUT2D eigenvalue weighted by molar-refractivity contribution is 0.168. The van der Waals surface area contributed by atoms with Crippen molar-refractivity contribution in [2.75, 3.05) is 19.8 Å². The minimum absolute atomic E-state index is 0.0289. The molecule has 1 saturated carbocycles. The third-order valence-electron chi connectivity index (χ3n) is 3.15. The number of hydrogen-bond acceptors (Lipinski definition) is 3. The minimum atomic E-state index is -0.126. The molecule has 0 aliphatic heterocycles. The normalized spacial score (nSPS) is 19.1. The molecule has 0 aromatic rings. The van der Waals surface area contributed by atoms with Gasteiger partial charge in [0.15, 0.2) is 0 Å². The quantitative estimate of drug-likeness (QED) is 0.598. The molecule has 84 valence electrons. The zero-order chi connectivity index (χ0) is 10.2. The molecule has 0 unspecified atom stereocenters. The smallest absolute Gasteiger partial charge is 0.0607 e. The zero-order valence-electron chi connectivity index (χ0n) is 8.91. The summed E-state index contributed by atoms with van der Waals surface area (Å²) >= 11 is 0. The topological polar surface area (TPSA) is 52.5 Å². The van der Waals surface area contributed by atoms with E-state index >= 15 is 0 Å². The molecule has 1 aliphatic rings. The van der Waals surface area contributed by atoms with Gasteiger partial charge >= 0.3 is 0 Å². The first kappa shape index (κ1) is 12.0. The molecule has 0 bridgehead atoms. The third-order valence-corrected chi connectivity index (χ3v) is 3.15. The van der Waals surface area contributed by atoms with Gasteiger partial charge in [-0.2, -0.15) is 0 Å². The van der Waals surface area contributed by atoms with Gasteiger partial charge in [-0.05, 0) is 18.9 Å². The first-order chi connectivity index (χ1) is 6.86. The number of aliphatic hydroxyl groups excluding tert-OH is 2. The highest BCUT2D eigenvalue weighted by atomic mass is 16.3. The van der Waals surface area contributed by atoms with Crippen LogP contribution in [0.1, 0.15) is 38.5 Å². The van der Waals surface area contributed by atoms with Gasteiger partial charge in [0.1, 0.15) is 0 Å². The minimum Gasteiger partial charge on any atom is -0.395 e. The van der Waals surface area contributed by atoms with E-state index in [1.54, 1.807) is 0 Å². The van der Waals surface area contributed by atoms with Crippen LogP contribution < -0.4 is 5.32 Å². The van der Waals surface area contributed by atoms with E-state index in [4.69, 9.17) is 10.2 Å². The Hall–Kier alpha value is -0.120. The summed E-state index contributed by atoms with van der Waals surface area (Å²) < 4.78 is 0. The zero-order valence-corrected chi connectivity index (χ0v) is 8.91. The van der Waals surface area contributed by atoms with E-state index in [-0.39, 0.29) is 19.3 Å². The average Bonchev–Trinajstić information content (AvgIpc) is 2.26. The van der Waals surface area contributed by atoms with Crippen molar-refractivity contribution in [2.24, 2.45) is 5.92 Å². The maximum atomic E-state index is 8.84. The third kappa shape index (κ3) is 4.40. The molecule has 1 fully saturated rings. The van der Waals surface area contributed by atoms with Crippen molar-refractivity contribution in [1.29, 1.82) is 0 Å². The van der Waals surface area contributed by atoms with Gasteiger partial charge in [-0.15, -0.1) is 0 Å². The Balaban J connectivity index is 2.01. The maximum Gasteiger partial charge on any atom is 0.0607 e. The number of nitrogens with one attached hydrogen (secondary N) is 1. The summed E-state index contributed by atoms with van der Waals surface area (Å²) in [6.07, 6.45) is 8.09. The molecule has 0 amide bonds. The van der Waals surface area contributed by atoms with Crippen molar-refractivity contribution in [3.63, 3.8) is 0 Å². The van der Waals surface area contributed by atoms with E-state index < -0.39 is 0 Å². The van der Waals surface area contributed by atoms with E-state index in [2.05, 4.69) is 5.32 Å². The van der Waals surface area contributed by atoms with Crippen molar-refractivity contribution in [3.05, 3.63) is 0 Å². The van der Waals surface area contributed by atoms with Crippen LogP contribution in [0.2, 0.25) is 0 Å². The Morgan fingerprint density at radius 3 is 2.29 bits per heavy atom. The van der Waals surface area contributed by atoms with Gasteiger partial charge < -0.3 is 15.5 Å². The number of hydrogen-bond donors (Lipinski definition) is 3. The lowest BCUT2D eigenvalue weighted by Gasteiger charge is -2.22. The molecule has 0 spiro atoms.